The Bertz CT molecular complexity index is 881. The van der Waals surface area contributed by atoms with Crippen LogP contribution in [0.5, 0.6) is 0 Å². The third-order valence-corrected chi connectivity index (χ3v) is 6.83. The molecule has 1 heterocycles. The van der Waals surface area contributed by atoms with Gasteiger partial charge in [-0.2, -0.15) is 0 Å². The monoisotopic (exact) mass is 415 g/mol. The standard InChI is InChI=1S/C25H31F2NO2/c1-17(2)25(11-4-14-29)12-13-28(24(30)16-25)18(3)19-5-7-20(8-6-19)22-10-9-21(26)15-23(22)27/h5-10,15,17-18,29H,4,11-14,16H2,1-3H3/t18-,25+/m0/s1. The highest BCUT2D eigenvalue weighted by molar-refractivity contribution is 5.78. The number of hydrogen-bond acceptors (Lipinski definition) is 2. The summed E-state index contributed by atoms with van der Waals surface area (Å²) in [6, 6.07) is 10.9. The predicted octanol–water partition coefficient (Wildman–Crippen LogP) is 5.73. The van der Waals surface area contributed by atoms with E-state index in [4.69, 9.17) is 0 Å². The summed E-state index contributed by atoms with van der Waals surface area (Å²) in [5.41, 5.74) is 1.98. The molecule has 0 saturated carbocycles. The van der Waals surface area contributed by atoms with Gasteiger partial charge in [0.15, 0.2) is 0 Å². The van der Waals surface area contributed by atoms with Crippen LogP contribution in [0.4, 0.5) is 8.78 Å². The van der Waals surface area contributed by atoms with E-state index < -0.39 is 11.6 Å². The number of halogens is 2. The Morgan fingerprint density at radius 3 is 2.37 bits per heavy atom. The predicted molar refractivity (Wildman–Crippen MR) is 115 cm³/mol. The van der Waals surface area contributed by atoms with Gasteiger partial charge in [0.05, 0.1) is 6.04 Å². The molecule has 0 bridgehead atoms. The number of carbonyl (C=O) groups excluding carboxylic acids is 1. The number of aliphatic hydroxyl groups excluding tert-OH is 1. The van der Waals surface area contributed by atoms with E-state index in [9.17, 15) is 18.7 Å². The van der Waals surface area contributed by atoms with Crippen LogP contribution in [0.3, 0.4) is 0 Å². The summed E-state index contributed by atoms with van der Waals surface area (Å²) in [5.74, 6) is -0.652. The van der Waals surface area contributed by atoms with Crippen molar-refractivity contribution in [2.24, 2.45) is 11.3 Å². The second kappa shape index (κ2) is 9.25. The van der Waals surface area contributed by atoms with Crippen LogP contribution in [0.15, 0.2) is 42.5 Å². The quantitative estimate of drug-likeness (QED) is 0.627. The molecule has 162 valence electrons. The van der Waals surface area contributed by atoms with Gasteiger partial charge in [-0.3, -0.25) is 4.79 Å². The molecule has 1 N–H and O–H groups in total. The summed E-state index contributed by atoms with van der Waals surface area (Å²) < 4.78 is 27.2. The van der Waals surface area contributed by atoms with E-state index >= 15 is 0 Å². The van der Waals surface area contributed by atoms with Gasteiger partial charge in [-0.05, 0) is 60.8 Å². The minimum atomic E-state index is -0.596. The number of likely N-dealkylation sites (tertiary alicyclic amines) is 1. The molecule has 2 atom stereocenters. The fourth-order valence-electron chi connectivity index (χ4n) is 4.64. The summed E-state index contributed by atoms with van der Waals surface area (Å²) >= 11 is 0. The molecule has 1 fully saturated rings. The maximum absolute atomic E-state index is 14.1. The lowest BCUT2D eigenvalue weighted by atomic mass is 9.67. The Morgan fingerprint density at radius 1 is 1.10 bits per heavy atom. The van der Waals surface area contributed by atoms with Crippen molar-refractivity contribution < 1.29 is 18.7 Å². The zero-order valence-electron chi connectivity index (χ0n) is 18.0. The van der Waals surface area contributed by atoms with Gasteiger partial charge < -0.3 is 10.0 Å². The van der Waals surface area contributed by atoms with Crippen molar-refractivity contribution in [2.75, 3.05) is 13.2 Å². The van der Waals surface area contributed by atoms with Gasteiger partial charge in [-0.1, -0.05) is 38.1 Å². The first kappa shape index (κ1) is 22.4. The van der Waals surface area contributed by atoms with Gasteiger partial charge in [0.25, 0.3) is 0 Å². The van der Waals surface area contributed by atoms with Crippen LogP contribution in [0.1, 0.15) is 58.1 Å². The number of piperidine rings is 1. The average Bonchev–Trinajstić information content (AvgIpc) is 2.72. The summed E-state index contributed by atoms with van der Waals surface area (Å²) in [6.07, 6.45) is 3.03. The second-order valence-electron chi connectivity index (χ2n) is 8.78. The highest BCUT2D eigenvalue weighted by Crippen LogP contribution is 2.44. The smallest absolute Gasteiger partial charge is 0.223 e. The van der Waals surface area contributed by atoms with Gasteiger partial charge in [-0.25, -0.2) is 8.78 Å². The van der Waals surface area contributed by atoms with Crippen molar-refractivity contribution in [3.63, 3.8) is 0 Å². The normalized spacial score (nSPS) is 20.6. The molecule has 3 rings (SSSR count). The van der Waals surface area contributed by atoms with Crippen molar-refractivity contribution in [1.29, 1.82) is 0 Å². The fourth-order valence-corrected chi connectivity index (χ4v) is 4.64. The highest BCUT2D eigenvalue weighted by Gasteiger charge is 2.41. The molecular weight excluding hydrogens is 384 g/mol. The topological polar surface area (TPSA) is 40.5 Å². The number of aliphatic hydroxyl groups is 1. The van der Waals surface area contributed by atoms with Crippen LogP contribution in [0.25, 0.3) is 11.1 Å². The van der Waals surface area contributed by atoms with E-state index in [1.54, 1.807) is 0 Å². The molecule has 1 aliphatic heterocycles. The molecule has 3 nitrogen and oxygen atoms in total. The summed E-state index contributed by atoms with van der Waals surface area (Å²) in [6.45, 7) is 7.19. The average molecular weight is 416 g/mol. The Morgan fingerprint density at radius 2 is 1.80 bits per heavy atom. The number of hydrogen-bond donors (Lipinski definition) is 1. The largest absolute Gasteiger partial charge is 0.396 e. The first-order chi connectivity index (χ1) is 14.3. The molecule has 0 radical (unpaired) electrons. The third kappa shape index (κ3) is 4.56. The van der Waals surface area contributed by atoms with E-state index in [0.29, 0.717) is 30.0 Å². The van der Waals surface area contributed by atoms with E-state index in [0.717, 1.165) is 30.9 Å². The maximum atomic E-state index is 14.1. The van der Waals surface area contributed by atoms with Gasteiger partial charge >= 0.3 is 0 Å². The molecule has 1 amide bonds. The first-order valence-corrected chi connectivity index (χ1v) is 10.7. The molecule has 0 aliphatic carbocycles. The number of carbonyl (C=O) groups is 1. The van der Waals surface area contributed by atoms with Crippen LogP contribution >= 0.6 is 0 Å². The molecule has 30 heavy (non-hydrogen) atoms. The molecular formula is C25H31F2NO2. The van der Waals surface area contributed by atoms with E-state index in [1.807, 2.05) is 36.1 Å². The maximum Gasteiger partial charge on any atom is 0.223 e. The molecule has 2 aromatic carbocycles. The molecule has 0 unspecified atom stereocenters. The lowest BCUT2D eigenvalue weighted by Crippen LogP contribution is -2.47. The summed E-state index contributed by atoms with van der Waals surface area (Å²) in [4.78, 5) is 15.0. The van der Waals surface area contributed by atoms with Gasteiger partial charge in [0.1, 0.15) is 11.6 Å². The Labute approximate surface area is 177 Å². The Kier molecular flexibility index (Phi) is 6.91. The van der Waals surface area contributed by atoms with Crippen molar-refractivity contribution in [2.45, 2.75) is 52.5 Å². The molecule has 0 aromatic heterocycles. The van der Waals surface area contributed by atoms with Crippen LogP contribution in [-0.4, -0.2) is 29.1 Å². The van der Waals surface area contributed by atoms with Crippen LogP contribution < -0.4 is 0 Å². The van der Waals surface area contributed by atoms with Crippen molar-refractivity contribution >= 4 is 5.91 Å². The number of rotatable bonds is 7. The number of amides is 1. The minimum absolute atomic E-state index is 0.0417. The third-order valence-electron chi connectivity index (χ3n) is 6.83. The van der Waals surface area contributed by atoms with Gasteiger partial charge in [-0.15, -0.1) is 0 Å². The van der Waals surface area contributed by atoms with E-state index in [1.165, 1.54) is 12.1 Å². The molecule has 1 aliphatic rings. The van der Waals surface area contributed by atoms with E-state index in [2.05, 4.69) is 13.8 Å². The van der Waals surface area contributed by atoms with Crippen LogP contribution in [-0.2, 0) is 4.79 Å². The summed E-state index contributed by atoms with van der Waals surface area (Å²) in [5, 5.41) is 9.25. The molecule has 5 heteroatoms. The zero-order chi connectivity index (χ0) is 21.9. The van der Waals surface area contributed by atoms with Gasteiger partial charge in [0.2, 0.25) is 5.91 Å². The lowest BCUT2D eigenvalue weighted by Gasteiger charge is -2.46. The molecule has 0 spiro atoms. The van der Waals surface area contributed by atoms with Crippen LogP contribution in [0, 0.1) is 23.0 Å². The zero-order valence-corrected chi connectivity index (χ0v) is 18.0. The van der Waals surface area contributed by atoms with Crippen LogP contribution in [0.2, 0.25) is 0 Å². The molecule has 2 aromatic rings. The summed E-state index contributed by atoms with van der Waals surface area (Å²) in [7, 11) is 0. The number of benzene rings is 2. The Hall–Kier alpha value is -2.27. The SMILES string of the molecule is CC(C)[C@]1(CCCO)CCN([C@@H](C)c2ccc(-c3ccc(F)cc3F)cc2)C(=O)C1. The Balaban J connectivity index is 1.74. The first-order valence-electron chi connectivity index (χ1n) is 10.7. The highest BCUT2D eigenvalue weighted by atomic mass is 19.1. The lowest BCUT2D eigenvalue weighted by molar-refractivity contribution is -0.143. The minimum Gasteiger partial charge on any atom is -0.396 e. The van der Waals surface area contributed by atoms with Crippen molar-refractivity contribution in [3.8, 4) is 11.1 Å². The number of nitrogens with zero attached hydrogens (tertiary/aromatic N) is 1. The second-order valence-corrected chi connectivity index (χ2v) is 8.78. The van der Waals surface area contributed by atoms with E-state index in [-0.39, 0.29) is 24.0 Å². The molecule has 1 saturated heterocycles. The van der Waals surface area contributed by atoms with Crippen molar-refractivity contribution in [1.82, 2.24) is 4.90 Å². The van der Waals surface area contributed by atoms with Crippen molar-refractivity contribution in [3.05, 3.63) is 59.7 Å². The van der Waals surface area contributed by atoms with Gasteiger partial charge in [0, 0.05) is 31.2 Å². The fraction of sp³-hybridized carbons (Fsp3) is 0.480.